The summed E-state index contributed by atoms with van der Waals surface area (Å²) in [5, 5.41) is 47.5. The van der Waals surface area contributed by atoms with Crippen LogP contribution in [0.25, 0.3) is 0 Å². The van der Waals surface area contributed by atoms with Gasteiger partial charge in [-0.3, -0.25) is 14.6 Å². The first-order chi connectivity index (χ1) is 11.5. The molecule has 0 atom stereocenters. The molecule has 13 heteroatoms. The molecule has 3 N–H and O–H groups in total. The van der Waals surface area contributed by atoms with Crippen molar-refractivity contribution in [2.45, 2.75) is 25.9 Å². The molecule has 132 valence electrons. The fourth-order valence-corrected chi connectivity index (χ4v) is 2.02. The van der Waals surface area contributed by atoms with Crippen LogP contribution in [0.5, 0.6) is 0 Å². The molecular weight excluding hydrogens is 324 g/mol. The van der Waals surface area contributed by atoms with Crippen molar-refractivity contribution in [3.8, 4) is 0 Å². The molecule has 0 radical (unpaired) electrons. The smallest absolute Gasteiger partial charge is 0.411 e. The highest BCUT2D eigenvalue weighted by Gasteiger charge is 2.05. The summed E-state index contributed by atoms with van der Waals surface area (Å²) in [6, 6.07) is 0. The Balaban J connectivity index is 1.71. The standard InChI is InChI=1S/C11H16N8O5/c20-9(2-1-5-16-6-3-13-11(16)19(23)24)12-4-7-17-8-14-10(15-17)18(21)22/h3,6,8,13,15H,1-2,4-5,7H2,(H-2,12,20,21,22,23,24)/q-2. The maximum Gasteiger partial charge on any atom is 0.411 e. The van der Waals surface area contributed by atoms with E-state index in [4.69, 9.17) is 0 Å². The first-order valence-electron chi connectivity index (χ1n) is 7.04. The van der Waals surface area contributed by atoms with Crippen molar-refractivity contribution < 1.29 is 4.79 Å². The van der Waals surface area contributed by atoms with Crippen molar-refractivity contribution >= 4 is 5.91 Å². The van der Waals surface area contributed by atoms with Crippen molar-refractivity contribution in [2.24, 2.45) is 0 Å². The first-order valence-corrected chi connectivity index (χ1v) is 7.04. The van der Waals surface area contributed by atoms with Gasteiger partial charge in [0.05, 0.1) is 25.5 Å². The molecular formula is C11H16N8O5-2. The van der Waals surface area contributed by atoms with Crippen LogP contribution in [0.4, 0.5) is 0 Å². The summed E-state index contributed by atoms with van der Waals surface area (Å²) in [6.07, 6.45) is 4.92. The molecule has 2 aromatic heterocycles. The Morgan fingerprint density at radius 1 is 1.25 bits per heavy atom. The molecule has 13 nitrogen and oxygen atoms in total. The Morgan fingerprint density at radius 3 is 2.71 bits per heavy atom. The predicted octanol–water partition coefficient (Wildman–Crippen LogP) is -2.53. The van der Waals surface area contributed by atoms with Crippen LogP contribution in [-0.4, -0.2) is 36.8 Å². The van der Waals surface area contributed by atoms with E-state index < -0.39 is 9.80 Å². The van der Waals surface area contributed by atoms with Gasteiger partial charge in [0.25, 0.3) is 0 Å². The Kier molecular flexibility index (Phi) is 5.49. The number of aromatic nitrogens is 5. The first kappa shape index (κ1) is 17.0. The van der Waals surface area contributed by atoms with E-state index in [9.17, 15) is 25.6 Å². The van der Waals surface area contributed by atoms with Gasteiger partial charge >= 0.3 is 11.2 Å². The average molecular weight is 340 g/mol. The summed E-state index contributed by atoms with van der Waals surface area (Å²) in [4.78, 5) is 16.6. The third-order valence-corrected chi connectivity index (χ3v) is 3.13. The van der Waals surface area contributed by atoms with Gasteiger partial charge in [-0.25, -0.2) is 14.2 Å². The number of H-pyrrole nitrogens is 2. The van der Waals surface area contributed by atoms with Crippen molar-refractivity contribution in [1.82, 2.24) is 39.4 Å². The van der Waals surface area contributed by atoms with Gasteiger partial charge in [0.2, 0.25) is 12.2 Å². The minimum absolute atomic E-state index is 0.132. The third-order valence-electron chi connectivity index (χ3n) is 3.13. The van der Waals surface area contributed by atoms with Gasteiger partial charge in [-0.2, -0.15) is 5.10 Å². The van der Waals surface area contributed by atoms with Crippen molar-refractivity contribution in [2.75, 3.05) is 6.54 Å². The number of aryl methyl sites for hydroxylation is 1. The van der Waals surface area contributed by atoms with Gasteiger partial charge in [0.15, 0.2) is 0 Å². The Hall–Kier alpha value is -3.38. The van der Waals surface area contributed by atoms with E-state index in [1.54, 1.807) is 0 Å². The zero-order chi connectivity index (χ0) is 17.5. The van der Waals surface area contributed by atoms with Crippen molar-refractivity contribution in [3.05, 3.63) is 50.8 Å². The summed E-state index contributed by atoms with van der Waals surface area (Å²) in [5.74, 6) is -0.205. The lowest BCUT2D eigenvalue weighted by Crippen LogP contribution is -2.31. The van der Waals surface area contributed by atoms with Crippen LogP contribution in [0.3, 0.4) is 0 Å². The molecule has 2 rings (SSSR count). The van der Waals surface area contributed by atoms with E-state index in [2.05, 4.69) is 20.4 Å². The Labute approximate surface area is 134 Å². The average Bonchev–Trinajstić information content (AvgIpc) is 3.16. The van der Waals surface area contributed by atoms with Gasteiger partial charge in [-0.05, 0) is 6.42 Å². The normalized spacial score (nSPS) is 10.5. The number of aromatic amines is 2. The number of carbonyl (C=O) groups excluding carboxylic acids is 1. The topological polar surface area (TPSA) is 182 Å². The molecule has 1 amide bonds. The lowest BCUT2D eigenvalue weighted by molar-refractivity contribution is -0.121. The van der Waals surface area contributed by atoms with Crippen LogP contribution in [0, 0.1) is 20.8 Å². The third kappa shape index (κ3) is 4.56. The molecule has 0 bridgehead atoms. The molecule has 0 spiro atoms. The number of rotatable bonds is 7. The van der Waals surface area contributed by atoms with E-state index in [0.717, 1.165) is 0 Å². The highest BCUT2D eigenvalue weighted by Crippen LogP contribution is 1.93. The predicted molar refractivity (Wildman–Crippen MR) is 81.6 cm³/mol. The van der Waals surface area contributed by atoms with E-state index in [-0.39, 0.29) is 30.1 Å². The number of nitrogens with one attached hydrogen (secondary N) is 3. The fourth-order valence-electron chi connectivity index (χ4n) is 2.02. The number of amides is 1. The fraction of sp³-hybridized carbons (Fsp3) is 0.455. The van der Waals surface area contributed by atoms with E-state index >= 15 is 0 Å². The molecule has 0 aliphatic rings. The molecule has 0 fully saturated rings. The maximum atomic E-state index is 11.7. The number of imidazole rings is 1. The minimum atomic E-state index is -0.646. The van der Waals surface area contributed by atoms with E-state index in [1.807, 2.05) is 0 Å². The zero-order valence-corrected chi connectivity index (χ0v) is 12.5. The SMILES string of the molecule is O=C(CCCn1cc[nH]c1=[N+]([O-])[O-])NCCn1cnc(=[N+]([O-])[O-])[nH]1. The highest BCUT2D eigenvalue weighted by molar-refractivity contribution is 5.75. The second kappa shape index (κ2) is 7.75. The molecule has 2 aromatic rings. The van der Waals surface area contributed by atoms with Crippen LogP contribution < -0.4 is 26.4 Å². The van der Waals surface area contributed by atoms with Gasteiger partial charge in [0, 0.05) is 13.0 Å². The number of hydrogen-bond acceptors (Lipinski definition) is 6. The lowest BCUT2D eigenvalue weighted by Gasteiger charge is -2.12. The summed E-state index contributed by atoms with van der Waals surface area (Å²) < 4.78 is 2.81. The maximum absolute atomic E-state index is 11.7. The molecule has 0 unspecified atom stereocenters. The Morgan fingerprint density at radius 2 is 2.04 bits per heavy atom. The monoisotopic (exact) mass is 340 g/mol. The summed E-state index contributed by atoms with van der Waals surface area (Å²) in [6.45, 7) is 0.930. The second-order valence-corrected chi connectivity index (χ2v) is 4.82. The Bertz CT molecular complexity index is 804. The van der Waals surface area contributed by atoms with Crippen molar-refractivity contribution in [3.63, 3.8) is 0 Å². The number of carbonyl (C=O) groups is 1. The van der Waals surface area contributed by atoms with E-state index in [1.165, 1.54) is 28.0 Å². The lowest BCUT2D eigenvalue weighted by atomic mass is 10.3. The van der Waals surface area contributed by atoms with Gasteiger partial charge < -0.3 is 26.1 Å². The minimum Gasteiger partial charge on any atom is -0.744 e. The van der Waals surface area contributed by atoms with Gasteiger partial charge in [0.1, 0.15) is 0 Å². The molecule has 2 heterocycles. The quantitative estimate of drug-likeness (QED) is 0.467. The van der Waals surface area contributed by atoms with Gasteiger partial charge in [-0.1, -0.05) is 4.98 Å². The van der Waals surface area contributed by atoms with Crippen LogP contribution in [0.15, 0.2) is 18.7 Å². The van der Waals surface area contributed by atoms with Crippen LogP contribution in [0.2, 0.25) is 0 Å². The molecule has 0 saturated carbocycles. The summed E-state index contributed by atoms with van der Waals surface area (Å²) >= 11 is 0. The number of nitrogens with zero attached hydrogens (tertiary/aromatic N) is 5. The van der Waals surface area contributed by atoms with Crippen LogP contribution in [0.1, 0.15) is 12.8 Å². The summed E-state index contributed by atoms with van der Waals surface area (Å²) in [7, 11) is 0. The van der Waals surface area contributed by atoms with Crippen LogP contribution in [-0.2, 0) is 17.9 Å². The van der Waals surface area contributed by atoms with Crippen LogP contribution >= 0.6 is 0 Å². The zero-order valence-electron chi connectivity index (χ0n) is 12.5. The largest absolute Gasteiger partial charge is 0.744 e. The van der Waals surface area contributed by atoms with Crippen molar-refractivity contribution in [1.29, 1.82) is 0 Å². The highest BCUT2D eigenvalue weighted by atomic mass is 16.8. The van der Waals surface area contributed by atoms with E-state index in [0.29, 0.717) is 19.5 Å². The molecule has 0 saturated heterocycles. The second-order valence-electron chi connectivity index (χ2n) is 4.82. The summed E-state index contributed by atoms with van der Waals surface area (Å²) in [5.41, 5.74) is -0.501. The molecule has 24 heavy (non-hydrogen) atoms. The molecule has 0 aliphatic carbocycles. The molecule has 0 aliphatic heterocycles. The molecule has 0 aromatic carbocycles. The number of hydrogen-bond donors (Lipinski definition) is 3. The van der Waals surface area contributed by atoms with Gasteiger partial charge in [-0.15, -0.1) is 0 Å².